The number of alkyl halides is 3. The van der Waals surface area contributed by atoms with Crippen LogP contribution in [0.5, 0.6) is 5.75 Å². The molecule has 1 saturated heterocycles. The van der Waals surface area contributed by atoms with Gasteiger partial charge in [0.25, 0.3) is 11.6 Å². The molecule has 2 rings (SSSR count). The van der Waals surface area contributed by atoms with Crippen LogP contribution in [0.15, 0.2) is 18.2 Å². The molecule has 1 aromatic rings. The van der Waals surface area contributed by atoms with Crippen molar-refractivity contribution in [2.75, 3.05) is 33.0 Å². The third-order valence-corrected chi connectivity index (χ3v) is 3.19. The van der Waals surface area contributed by atoms with Gasteiger partial charge in [0.15, 0.2) is 6.61 Å². The van der Waals surface area contributed by atoms with Crippen molar-refractivity contribution >= 4 is 11.6 Å². The molecule has 0 aliphatic carbocycles. The van der Waals surface area contributed by atoms with Crippen LogP contribution in [-0.4, -0.2) is 56.1 Å². The molecule has 1 aliphatic heterocycles. The van der Waals surface area contributed by atoms with Crippen LogP contribution in [-0.2, 0) is 9.47 Å². The van der Waals surface area contributed by atoms with Crippen LogP contribution in [0.4, 0.5) is 18.9 Å². The van der Waals surface area contributed by atoms with Gasteiger partial charge in [0.2, 0.25) is 0 Å². The molecule has 138 valence electrons. The van der Waals surface area contributed by atoms with E-state index in [0.717, 1.165) is 18.2 Å². The Labute approximate surface area is 140 Å². The summed E-state index contributed by atoms with van der Waals surface area (Å²) < 4.78 is 51.6. The minimum absolute atomic E-state index is 0.0453. The molecule has 8 nitrogen and oxygen atoms in total. The Hall–Kier alpha value is -2.40. The van der Waals surface area contributed by atoms with E-state index in [1.54, 1.807) is 0 Å². The van der Waals surface area contributed by atoms with Gasteiger partial charge in [-0.05, 0) is 12.1 Å². The lowest BCUT2D eigenvalue weighted by Gasteiger charge is -2.23. The number of hydrogen-bond donors (Lipinski definition) is 1. The fraction of sp³-hybridized carbons (Fsp3) is 0.500. The van der Waals surface area contributed by atoms with Gasteiger partial charge < -0.3 is 19.5 Å². The van der Waals surface area contributed by atoms with E-state index in [1.807, 2.05) is 0 Å². The predicted molar refractivity (Wildman–Crippen MR) is 77.5 cm³/mol. The lowest BCUT2D eigenvalue weighted by atomic mass is 10.1. The average Bonchev–Trinajstić information content (AvgIpc) is 2.57. The van der Waals surface area contributed by atoms with Gasteiger partial charge in [-0.15, -0.1) is 0 Å². The topological polar surface area (TPSA) is 99.9 Å². The number of ether oxygens (including phenoxy) is 3. The zero-order valence-corrected chi connectivity index (χ0v) is 12.9. The zero-order chi connectivity index (χ0) is 18.4. The molecule has 0 unspecified atom stereocenters. The molecule has 0 radical (unpaired) electrons. The first-order chi connectivity index (χ1) is 11.8. The third-order valence-electron chi connectivity index (χ3n) is 3.19. The molecule has 11 heteroatoms. The fourth-order valence-corrected chi connectivity index (χ4v) is 2.07. The Morgan fingerprint density at radius 3 is 2.76 bits per heavy atom. The van der Waals surface area contributed by atoms with Gasteiger partial charge in [-0.3, -0.25) is 14.9 Å². The summed E-state index contributed by atoms with van der Waals surface area (Å²) in [6.07, 6.45) is -4.97. The van der Waals surface area contributed by atoms with Crippen LogP contribution >= 0.6 is 0 Å². The van der Waals surface area contributed by atoms with Crippen molar-refractivity contribution in [2.45, 2.75) is 12.3 Å². The van der Waals surface area contributed by atoms with Crippen molar-refractivity contribution in [2.24, 2.45) is 0 Å². The van der Waals surface area contributed by atoms with Gasteiger partial charge >= 0.3 is 6.18 Å². The summed E-state index contributed by atoms with van der Waals surface area (Å²) in [5.41, 5.74) is -0.945. The van der Waals surface area contributed by atoms with Gasteiger partial charge in [-0.25, -0.2) is 0 Å². The fourth-order valence-electron chi connectivity index (χ4n) is 2.07. The van der Waals surface area contributed by atoms with E-state index in [-0.39, 0.29) is 18.9 Å². The largest absolute Gasteiger partial charge is 0.484 e. The lowest BCUT2D eigenvalue weighted by Crippen LogP contribution is -2.39. The van der Waals surface area contributed by atoms with E-state index < -0.39 is 41.0 Å². The summed E-state index contributed by atoms with van der Waals surface area (Å²) in [6, 6.07) is 2.82. The Morgan fingerprint density at radius 1 is 1.40 bits per heavy atom. The van der Waals surface area contributed by atoms with Crippen molar-refractivity contribution in [3.8, 4) is 5.75 Å². The first kappa shape index (κ1) is 18.9. The molecule has 1 heterocycles. The van der Waals surface area contributed by atoms with E-state index in [9.17, 15) is 28.1 Å². The Bertz CT molecular complexity index is 631. The number of benzene rings is 1. The van der Waals surface area contributed by atoms with E-state index in [2.05, 4.69) is 10.1 Å². The minimum atomic E-state index is -4.57. The van der Waals surface area contributed by atoms with Crippen LogP contribution in [0.1, 0.15) is 10.4 Å². The summed E-state index contributed by atoms with van der Waals surface area (Å²) in [5, 5.41) is 13.5. The molecule has 25 heavy (non-hydrogen) atoms. The molecule has 1 aliphatic rings. The smallest absolute Gasteiger partial charge is 0.422 e. The first-order valence-corrected chi connectivity index (χ1v) is 7.22. The standard InChI is InChI=1S/C14H15F3N2O6/c15-14(16,17)8-25-9-1-2-12(19(21)22)11(5-9)13(20)18-6-10-7-23-3-4-24-10/h1-2,5,10H,3-4,6-8H2,(H,18,20)/t10-/m1/s1. The van der Waals surface area contributed by atoms with Gasteiger partial charge in [0.05, 0.1) is 30.8 Å². The van der Waals surface area contributed by atoms with Crippen LogP contribution < -0.4 is 10.1 Å². The summed E-state index contributed by atoms with van der Waals surface area (Å²) in [7, 11) is 0. The maximum atomic E-state index is 12.2. The van der Waals surface area contributed by atoms with Crippen molar-refractivity contribution < 1.29 is 37.1 Å². The number of hydrogen-bond acceptors (Lipinski definition) is 6. The molecule has 0 aromatic heterocycles. The molecule has 1 fully saturated rings. The minimum Gasteiger partial charge on any atom is -0.484 e. The zero-order valence-electron chi connectivity index (χ0n) is 12.9. The highest BCUT2D eigenvalue weighted by Gasteiger charge is 2.29. The summed E-state index contributed by atoms with van der Waals surface area (Å²) in [5.74, 6) is -1.12. The van der Waals surface area contributed by atoms with Gasteiger partial charge in [0, 0.05) is 12.6 Å². The normalized spacial score (nSPS) is 17.8. The van der Waals surface area contributed by atoms with E-state index >= 15 is 0 Å². The number of amides is 1. The second-order valence-corrected chi connectivity index (χ2v) is 5.12. The van der Waals surface area contributed by atoms with E-state index in [4.69, 9.17) is 9.47 Å². The number of nitrogens with one attached hydrogen (secondary N) is 1. The molecular weight excluding hydrogens is 349 g/mol. The molecule has 1 aromatic carbocycles. The molecular formula is C14H15F3N2O6. The summed E-state index contributed by atoms with van der Waals surface area (Å²) >= 11 is 0. The van der Waals surface area contributed by atoms with Crippen molar-refractivity contribution in [1.82, 2.24) is 5.32 Å². The predicted octanol–water partition coefficient (Wildman–Crippen LogP) is 1.68. The molecule has 1 amide bonds. The summed E-state index contributed by atoms with van der Waals surface area (Å²) in [4.78, 5) is 22.4. The SMILES string of the molecule is O=C(NC[C@@H]1COCCO1)c1cc(OCC(F)(F)F)ccc1[N+](=O)[O-]. The maximum absolute atomic E-state index is 12.2. The van der Waals surface area contributed by atoms with Crippen LogP contribution in [0.2, 0.25) is 0 Å². The second kappa shape index (κ2) is 8.12. The van der Waals surface area contributed by atoms with E-state index in [1.165, 1.54) is 0 Å². The van der Waals surface area contributed by atoms with Crippen LogP contribution in [0.25, 0.3) is 0 Å². The number of nitro groups is 1. The monoisotopic (exact) mass is 364 g/mol. The van der Waals surface area contributed by atoms with E-state index in [0.29, 0.717) is 13.2 Å². The maximum Gasteiger partial charge on any atom is 0.422 e. The van der Waals surface area contributed by atoms with Crippen molar-refractivity contribution in [3.63, 3.8) is 0 Å². The Morgan fingerprint density at radius 2 is 2.16 bits per heavy atom. The second-order valence-electron chi connectivity index (χ2n) is 5.12. The molecule has 1 atom stereocenters. The van der Waals surface area contributed by atoms with Crippen LogP contribution in [0.3, 0.4) is 0 Å². The first-order valence-electron chi connectivity index (χ1n) is 7.22. The number of rotatable bonds is 6. The van der Waals surface area contributed by atoms with Crippen molar-refractivity contribution in [3.05, 3.63) is 33.9 Å². The number of carbonyl (C=O) groups excluding carboxylic acids is 1. The molecule has 1 N–H and O–H groups in total. The Balaban J connectivity index is 2.08. The lowest BCUT2D eigenvalue weighted by molar-refractivity contribution is -0.385. The van der Waals surface area contributed by atoms with Crippen molar-refractivity contribution in [1.29, 1.82) is 0 Å². The third kappa shape index (κ3) is 5.87. The molecule has 0 spiro atoms. The highest BCUT2D eigenvalue weighted by Crippen LogP contribution is 2.25. The number of carbonyl (C=O) groups is 1. The Kier molecular flexibility index (Phi) is 6.15. The average molecular weight is 364 g/mol. The molecule has 0 saturated carbocycles. The quantitative estimate of drug-likeness (QED) is 0.609. The van der Waals surface area contributed by atoms with Gasteiger partial charge in [0.1, 0.15) is 11.3 Å². The highest BCUT2D eigenvalue weighted by atomic mass is 19.4. The number of halogens is 3. The van der Waals surface area contributed by atoms with Gasteiger partial charge in [-0.2, -0.15) is 13.2 Å². The molecule has 0 bridgehead atoms. The number of nitro benzene ring substituents is 1. The summed E-state index contributed by atoms with van der Waals surface area (Å²) in [6.45, 7) is -0.462. The van der Waals surface area contributed by atoms with Gasteiger partial charge in [-0.1, -0.05) is 0 Å². The van der Waals surface area contributed by atoms with Crippen LogP contribution in [0, 0.1) is 10.1 Å². The highest BCUT2D eigenvalue weighted by molar-refractivity contribution is 5.98. The number of nitrogens with zero attached hydrogens (tertiary/aromatic N) is 1.